The Labute approximate surface area is 205 Å². The standard InChI is InChI=1S/C26H38O9/c1-5-25(4)10-7-14-13(11-25)16(28)19(31)21-24(2,3)8-6-9-26(14,21)23(33)35-22-20(32)18(30)17(29)15(12-27)34-22/h5,11,14-18,20-22,27-30,32H,1,6-10,12H2,2-4H3/t14?,15-,16?,17-,18+,20-,21+,22+,25+,26+/m1/s1. The van der Waals surface area contributed by atoms with E-state index in [0.29, 0.717) is 37.7 Å². The molecular formula is C26H38O9. The van der Waals surface area contributed by atoms with E-state index < -0.39 is 83.3 Å². The van der Waals surface area contributed by atoms with Crippen molar-refractivity contribution in [3.05, 3.63) is 24.3 Å². The number of carbonyl (C=O) groups excluding carboxylic acids is 2. The number of hydrogen-bond donors (Lipinski definition) is 5. The average Bonchev–Trinajstić information content (AvgIpc) is 2.82. The van der Waals surface area contributed by atoms with Crippen molar-refractivity contribution in [3.63, 3.8) is 0 Å². The van der Waals surface area contributed by atoms with E-state index in [0.717, 1.165) is 0 Å². The summed E-state index contributed by atoms with van der Waals surface area (Å²) in [4.78, 5) is 27.8. The molecule has 0 aromatic heterocycles. The van der Waals surface area contributed by atoms with E-state index in [1.165, 1.54) is 0 Å². The zero-order chi connectivity index (χ0) is 25.9. The van der Waals surface area contributed by atoms with E-state index in [2.05, 4.69) is 6.58 Å². The Bertz CT molecular complexity index is 910. The molecule has 4 rings (SSSR count). The summed E-state index contributed by atoms with van der Waals surface area (Å²) in [6.45, 7) is 9.05. The predicted octanol–water partition coefficient (Wildman–Crippen LogP) is 0.614. The fourth-order valence-corrected chi connectivity index (χ4v) is 7.06. The first-order valence-corrected chi connectivity index (χ1v) is 12.4. The fraction of sp³-hybridized carbons (Fsp3) is 0.769. The minimum atomic E-state index is -1.74. The van der Waals surface area contributed by atoms with Gasteiger partial charge in [-0.3, -0.25) is 9.59 Å². The van der Waals surface area contributed by atoms with Gasteiger partial charge in [0.05, 0.1) is 12.0 Å². The van der Waals surface area contributed by atoms with Gasteiger partial charge in [0.15, 0.2) is 5.78 Å². The number of hydrogen-bond acceptors (Lipinski definition) is 9. The van der Waals surface area contributed by atoms with Gasteiger partial charge in [-0.15, -0.1) is 6.58 Å². The van der Waals surface area contributed by atoms with E-state index in [1.54, 1.807) is 6.08 Å². The lowest BCUT2D eigenvalue weighted by atomic mass is 9.44. The Hall–Kier alpha value is -1.62. The molecule has 35 heavy (non-hydrogen) atoms. The normalized spacial score (nSPS) is 47.2. The number of ketones is 1. The smallest absolute Gasteiger partial charge is 0.315 e. The van der Waals surface area contributed by atoms with E-state index in [9.17, 15) is 35.1 Å². The first-order chi connectivity index (χ1) is 16.3. The van der Waals surface area contributed by atoms with Crippen LogP contribution in [0.5, 0.6) is 0 Å². The molecule has 0 spiro atoms. The molecule has 1 heterocycles. The van der Waals surface area contributed by atoms with Gasteiger partial charge in [-0.1, -0.05) is 39.3 Å². The number of Topliss-reactive ketones (excluding diaryl/α,β-unsaturated/α-hetero) is 1. The lowest BCUT2D eigenvalue weighted by Crippen LogP contribution is -2.65. The fourth-order valence-electron chi connectivity index (χ4n) is 7.06. The molecule has 2 saturated carbocycles. The largest absolute Gasteiger partial charge is 0.432 e. The Kier molecular flexibility index (Phi) is 6.83. The van der Waals surface area contributed by atoms with E-state index in [1.807, 2.05) is 26.8 Å². The molecule has 9 heteroatoms. The van der Waals surface area contributed by atoms with E-state index >= 15 is 0 Å². The molecule has 2 unspecified atom stereocenters. The highest BCUT2D eigenvalue weighted by molar-refractivity contribution is 5.97. The van der Waals surface area contributed by atoms with Gasteiger partial charge in [0.1, 0.15) is 30.5 Å². The van der Waals surface area contributed by atoms with Gasteiger partial charge in [-0.2, -0.15) is 0 Å². The zero-order valence-electron chi connectivity index (χ0n) is 20.6. The number of fused-ring (bicyclic) bond motifs is 3. The summed E-state index contributed by atoms with van der Waals surface area (Å²) in [5.74, 6) is -2.43. The van der Waals surface area contributed by atoms with Crippen molar-refractivity contribution in [3.8, 4) is 0 Å². The van der Waals surface area contributed by atoms with Crippen molar-refractivity contribution in [2.45, 2.75) is 89.7 Å². The van der Waals surface area contributed by atoms with Crippen LogP contribution in [0.15, 0.2) is 24.3 Å². The average molecular weight is 495 g/mol. The zero-order valence-corrected chi connectivity index (χ0v) is 20.6. The molecule has 9 nitrogen and oxygen atoms in total. The molecule has 0 aromatic carbocycles. The van der Waals surface area contributed by atoms with Crippen LogP contribution in [0.3, 0.4) is 0 Å². The molecule has 196 valence electrons. The summed E-state index contributed by atoms with van der Waals surface area (Å²) in [6.07, 6.45) is -2.62. The lowest BCUT2D eigenvalue weighted by molar-refractivity contribution is -0.298. The Morgan fingerprint density at radius 1 is 1.14 bits per heavy atom. The van der Waals surface area contributed by atoms with Crippen molar-refractivity contribution in [2.24, 2.45) is 28.1 Å². The van der Waals surface area contributed by atoms with Gasteiger partial charge in [-0.25, -0.2) is 0 Å². The molecule has 5 N–H and O–H groups in total. The van der Waals surface area contributed by atoms with Gasteiger partial charge < -0.3 is 35.0 Å². The number of aliphatic hydroxyl groups excluding tert-OH is 5. The number of ether oxygens (including phenoxy) is 2. The van der Waals surface area contributed by atoms with Crippen LogP contribution in [0, 0.1) is 28.1 Å². The maximum Gasteiger partial charge on any atom is 0.315 e. The van der Waals surface area contributed by atoms with Gasteiger partial charge >= 0.3 is 5.97 Å². The van der Waals surface area contributed by atoms with Crippen LogP contribution in [0.1, 0.15) is 52.9 Å². The highest BCUT2D eigenvalue weighted by Gasteiger charge is 2.67. The van der Waals surface area contributed by atoms with Crippen molar-refractivity contribution in [1.29, 1.82) is 0 Å². The van der Waals surface area contributed by atoms with E-state index in [4.69, 9.17) is 9.47 Å². The van der Waals surface area contributed by atoms with Crippen molar-refractivity contribution in [2.75, 3.05) is 6.61 Å². The SMILES string of the molecule is C=C[C@]1(C)C=C2C(O)C(=O)[C@H]3C(C)(C)CCC[C@]3(C(=O)O[C@@H]3O[C@H](CO)[C@@H](O)[C@H](O)[C@H]3O)C2CC1. The summed E-state index contributed by atoms with van der Waals surface area (Å²) < 4.78 is 11.1. The summed E-state index contributed by atoms with van der Waals surface area (Å²) in [5.41, 5.74) is -1.80. The topological polar surface area (TPSA) is 154 Å². The second-order valence-electron chi connectivity index (χ2n) is 11.7. The number of rotatable bonds is 4. The molecule has 10 atom stereocenters. The maximum absolute atomic E-state index is 14.1. The first-order valence-electron chi connectivity index (χ1n) is 12.4. The second-order valence-corrected chi connectivity index (χ2v) is 11.7. The van der Waals surface area contributed by atoms with Crippen LogP contribution in [-0.2, 0) is 19.1 Å². The number of esters is 1. The monoisotopic (exact) mass is 494 g/mol. The minimum absolute atomic E-state index is 0.364. The second kappa shape index (κ2) is 9.04. The molecule has 4 aliphatic rings. The Morgan fingerprint density at radius 2 is 1.83 bits per heavy atom. The van der Waals surface area contributed by atoms with Crippen LogP contribution in [0.2, 0.25) is 0 Å². The number of carbonyl (C=O) groups is 2. The highest BCUT2D eigenvalue weighted by atomic mass is 16.7. The summed E-state index contributed by atoms with van der Waals surface area (Å²) >= 11 is 0. The van der Waals surface area contributed by atoms with Crippen molar-refractivity contribution in [1.82, 2.24) is 0 Å². The summed E-state index contributed by atoms with van der Waals surface area (Å²) in [6, 6.07) is 0. The Balaban J connectivity index is 1.77. The van der Waals surface area contributed by atoms with Crippen molar-refractivity contribution >= 4 is 11.8 Å². The molecule has 0 bridgehead atoms. The first kappa shape index (κ1) is 26.4. The lowest BCUT2D eigenvalue weighted by Gasteiger charge is -2.59. The number of allylic oxidation sites excluding steroid dienone is 2. The van der Waals surface area contributed by atoms with Crippen molar-refractivity contribution < 1.29 is 44.6 Å². The summed E-state index contributed by atoms with van der Waals surface area (Å²) in [7, 11) is 0. The van der Waals surface area contributed by atoms with Crippen LogP contribution in [0.4, 0.5) is 0 Å². The minimum Gasteiger partial charge on any atom is -0.432 e. The molecule has 0 radical (unpaired) electrons. The van der Waals surface area contributed by atoms with Gasteiger partial charge in [0, 0.05) is 11.3 Å². The predicted molar refractivity (Wildman–Crippen MR) is 124 cm³/mol. The van der Waals surface area contributed by atoms with Crippen LogP contribution < -0.4 is 0 Å². The molecule has 0 aromatic rings. The third-order valence-electron chi connectivity index (χ3n) is 8.99. The van der Waals surface area contributed by atoms with Crippen LogP contribution in [-0.4, -0.2) is 80.7 Å². The summed E-state index contributed by atoms with van der Waals surface area (Å²) in [5, 5.41) is 51.3. The van der Waals surface area contributed by atoms with Gasteiger partial charge in [-0.05, 0) is 42.6 Å². The van der Waals surface area contributed by atoms with Gasteiger partial charge in [0.25, 0.3) is 0 Å². The molecule has 3 fully saturated rings. The molecular weight excluding hydrogens is 456 g/mol. The van der Waals surface area contributed by atoms with Crippen LogP contribution >= 0.6 is 0 Å². The maximum atomic E-state index is 14.1. The molecule has 3 aliphatic carbocycles. The third-order valence-corrected chi connectivity index (χ3v) is 8.99. The van der Waals surface area contributed by atoms with Gasteiger partial charge in [0.2, 0.25) is 6.29 Å². The molecule has 1 aliphatic heterocycles. The van der Waals surface area contributed by atoms with Crippen LogP contribution in [0.25, 0.3) is 0 Å². The number of aliphatic hydroxyl groups is 5. The molecule has 1 saturated heterocycles. The molecule has 0 amide bonds. The highest BCUT2D eigenvalue weighted by Crippen LogP contribution is 2.63. The third kappa shape index (κ3) is 4.01. The Morgan fingerprint density at radius 3 is 2.46 bits per heavy atom. The van der Waals surface area contributed by atoms with E-state index in [-0.39, 0.29) is 0 Å². The quantitative estimate of drug-likeness (QED) is 0.279.